The van der Waals surface area contributed by atoms with E-state index >= 15 is 0 Å². The number of thiophene rings is 1. The Balaban J connectivity index is 0.000000868. The maximum atomic E-state index is 14.5. The topological polar surface area (TPSA) is 63.2 Å². The van der Waals surface area contributed by atoms with Gasteiger partial charge in [-0.1, -0.05) is 41.8 Å². The summed E-state index contributed by atoms with van der Waals surface area (Å²) in [7, 11) is -0.238. The van der Waals surface area contributed by atoms with Gasteiger partial charge in [0.1, 0.15) is 6.29 Å². The minimum absolute atomic E-state index is 0.00834. The summed E-state index contributed by atoms with van der Waals surface area (Å²) in [6, 6.07) is 4.27. The van der Waals surface area contributed by atoms with E-state index in [0.29, 0.717) is 6.42 Å². The number of dihydropyridines is 1. The molecule has 1 saturated carbocycles. The second-order valence-electron chi connectivity index (χ2n) is 10.4. The van der Waals surface area contributed by atoms with E-state index in [4.69, 9.17) is 4.79 Å². The largest absolute Gasteiger partial charge is 0.362 e. The molecule has 2 atom stereocenters. The minimum Gasteiger partial charge on any atom is -0.362 e. The zero-order valence-electron chi connectivity index (χ0n) is 25.1. The molecule has 3 aliphatic rings. The molecule has 1 aromatic carbocycles. The highest BCUT2D eigenvalue weighted by molar-refractivity contribution is 8.04. The van der Waals surface area contributed by atoms with Gasteiger partial charge in [-0.25, -0.2) is 0 Å². The highest BCUT2D eigenvalue weighted by Crippen LogP contribution is 2.45. The van der Waals surface area contributed by atoms with Crippen molar-refractivity contribution in [1.29, 1.82) is 0 Å². The SMILES string of the molecule is C=C1NC=CC=C1/C(=C(/CCc1csc(C(=O)P)c1)S(=C)(=O)C1CC1)c1c(C)cc(C)c2c1CCC2.CC.CC=O. The van der Waals surface area contributed by atoms with E-state index in [1.807, 2.05) is 32.2 Å². The molecule has 0 saturated heterocycles. The average Bonchev–Trinajstić information content (AvgIpc) is 3.50. The van der Waals surface area contributed by atoms with Crippen LogP contribution in [0.5, 0.6) is 0 Å². The van der Waals surface area contributed by atoms with E-state index in [9.17, 15) is 9.00 Å². The summed E-state index contributed by atoms with van der Waals surface area (Å²) >= 11 is 1.47. The number of nitrogens with one attached hydrogen (secondary N) is 1. The van der Waals surface area contributed by atoms with Gasteiger partial charge < -0.3 is 10.1 Å². The van der Waals surface area contributed by atoms with E-state index in [1.165, 1.54) is 46.1 Å². The number of aldehydes is 1. The summed E-state index contributed by atoms with van der Waals surface area (Å²) in [6.07, 6.45) is 13.3. The number of hydrogen-bond donors (Lipinski definition) is 1. The zero-order chi connectivity index (χ0) is 30.3. The van der Waals surface area contributed by atoms with Gasteiger partial charge >= 0.3 is 0 Å². The second kappa shape index (κ2) is 14.6. The maximum Gasteiger partial charge on any atom is 0.187 e. The van der Waals surface area contributed by atoms with Crippen molar-refractivity contribution in [3.63, 3.8) is 0 Å². The molecule has 7 heteroatoms. The van der Waals surface area contributed by atoms with Gasteiger partial charge in [0.15, 0.2) is 5.52 Å². The van der Waals surface area contributed by atoms with E-state index < -0.39 is 9.52 Å². The van der Waals surface area contributed by atoms with Crippen LogP contribution in [0, 0.1) is 13.8 Å². The van der Waals surface area contributed by atoms with Crippen LogP contribution in [0.3, 0.4) is 0 Å². The van der Waals surface area contributed by atoms with Crippen molar-refractivity contribution >= 4 is 53.4 Å². The summed E-state index contributed by atoms with van der Waals surface area (Å²) < 4.78 is 14.5. The van der Waals surface area contributed by atoms with Crippen molar-refractivity contribution in [2.24, 2.45) is 0 Å². The Morgan fingerprint density at radius 1 is 1.17 bits per heavy atom. The lowest BCUT2D eigenvalue weighted by atomic mass is 9.84. The first-order valence-corrected chi connectivity index (χ1v) is 17.7. The standard InChI is InChI=1S/C30H34NO2PS2.C2H4O.C2H6/c1-18-15-19(2)28(25-8-5-7-23(18)25)29(24-9-6-14-31-20(24)3)27(36(4,33)22-11-12-22)13-10-21-16-26(30(32)34)35-17-21;1-2-3;1-2/h6,9,14-17,22,31H,3-5,7-8,10-13,34H2,1-2H3;2H,1H3;1-2H3/b29-27+;;. The normalized spacial score (nSPS) is 17.4. The fraction of sp³-hybridized carbons (Fsp3) is 0.382. The smallest absolute Gasteiger partial charge is 0.187 e. The Morgan fingerprint density at radius 2 is 1.83 bits per heavy atom. The molecule has 1 aromatic heterocycles. The fourth-order valence-electron chi connectivity index (χ4n) is 5.67. The number of allylic oxidation sites excluding steroid dienone is 4. The highest BCUT2D eigenvalue weighted by Gasteiger charge is 2.36. The van der Waals surface area contributed by atoms with Gasteiger partial charge in [-0.05, 0) is 132 Å². The Labute approximate surface area is 253 Å². The van der Waals surface area contributed by atoms with Crippen LogP contribution in [0.1, 0.15) is 89.5 Å². The Kier molecular flexibility index (Phi) is 11.7. The third kappa shape index (κ3) is 7.46. The molecule has 0 bridgehead atoms. The van der Waals surface area contributed by atoms with Crippen LogP contribution in [0.25, 0.3) is 5.57 Å². The van der Waals surface area contributed by atoms with Gasteiger partial charge in [-0.15, -0.1) is 11.3 Å². The fourth-order valence-corrected chi connectivity index (χ4v) is 9.06. The molecular formula is C34H44NO3PS2. The number of hydrogen-bond acceptors (Lipinski definition) is 5. The van der Waals surface area contributed by atoms with Gasteiger partial charge in [-0.3, -0.25) is 9.00 Å². The van der Waals surface area contributed by atoms with Gasteiger partial charge in [0.25, 0.3) is 0 Å². The average molecular weight is 610 g/mol. The Hall–Kier alpha value is -2.53. The second-order valence-corrected chi connectivity index (χ2v) is 14.4. The highest BCUT2D eigenvalue weighted by atomic mass is 32.2. The lowest BCUT2D eigenvalue weighted by Gasteiger charge is -2.27. The molecule has 0 spiro atoms. The number of carbonyl (C=O) groups excluding carboxylic acids is 2. The summed E-state index contributed by atoms with van der Waals surface area (Å²) in [5.41, 5.74) is 10.7. The molecule has 0 amide bonds. The predicted octanol–water partition coefficient (Wildman–Crippen LogP) is 7.88. The van der Waals surface area contributed by atoms with Gasteiger partial charge in [0.05, 0.1) is 4.88 Å². The molecule has 41 heavy (non-hydrogen) atoms. The molecule has 2 unspecified atom stereocenters. The minimum atomic E-state index is -2.49. The van der Waals surface area contributed by atoms with E-state index in [2.05, 4.69) is 58.4 Å². The molecule has 2 aromatic rings. The first-order chi connectivity index (χ1) is 19.6. The molecular weight excluding hydrogens is 565 g/mol. The van der Waals surface area contributed by atoms with Crippen molar-refractivity contribution in [1.82, 2.24) is 5.32 Å². The van der Waals surface area contributed by atoms with E-state index in [0.717, 1.165) is 77.0 Å². The van der Waals surface area contributed by atoms with Crippen molar-refractivity contribution < 1.29 is 13.8 Å². The van der Waals surface area contributed by atoms with Crippen molar-refractivity contribution in [3.05, 3.63) is 96.9 Å². The Morgan fingerprint density at radius 3 is 2.41 bits per heavy atom. The lowest BCUT2D eigenvalue weighted by molar-refractivity contribution is -0.106. The van der Waals surface area contributed by atoms with E-state index in [1.54, 1.807) is 0 Å². The molecule has 2 heterocycles. The van der Waals surface area contributed by atoms with Gasteiger partial charge in [0, 0.05) is 33.2 Å². The first-order valence-electron chi connectivity index (χ1n) is 14.4. The van der Waals surface area contributed by atoms with Gasteiger partial charge in [0.2, 0.25) is 0 Å². The third-order valence-electron chi connectivity index (χ3n) is 7.58. The number of fused-ring (bicyclic) bond motifs is 1. The summed E-state index contributed by atoms with van der Waals surface area (Å²) in [4.78, 5) is 22.3. The molecule has 0 radical (unpaired) electrons. The number of benzene rings is 1. The maximum absolute atomic E-state index is 14.5. The number of aryl methyl sites for hydroxylation is 3. The summed E-state index contributed by atoms with van der Waals surface area (Å²) in [5, 5.41) is 5.48. The van der Waals surface area contributed by atoms with E-state index in [-0.39, 0.29) is 10.8 Å². The van der Waals surface area contributed by atoms with Crippen LogP contribution >= 0.6 is 20.6 Å². The van der Waals surface area contributed by atoms with Crippen LogP contribution in [-0.4, -0.2) is 27.1 Å². The lowest BCUT2D eigenvalue weighted by Crippen LogP contribution is -2.18. The molecule has 2 aliphatic carbocycles. The quantitative estimate of drug-likeness (QED) is 0.188. The number of rotatable bonds is 8. The molecule has 1 N–H and O–H groups in total. The van der Waals surface area contributed by atoms with Crippen LogP contribution in [0.2, 0.25) is 0 Å². The molecule has 4 nitrogen and oxygen atoms in total. The van der Waals surface area contributed by atoms with Crippen LogP contribution in [-0.2, 0) is 33.6 Å². The molecule has 1 fully saturated rings. The van der Waals surface area contributed by atoms with Crippen molar-refractivity contribution in [2.75, 3.05) is 0 Å². The molecule has 220 valence electrons. The monoisotopic (exact) mass is 609 g/mol. The van der Waals surface area contributed by atoms with Crippen LogP contribution in [0.4, 0.5) is 0 Å². The van der Waals surface area contributed by atoms with Gasteiger partial charge in [-0.2, -0.15) is 0 Å². The number of carbonyl (C=O) groups is 2. The van der Waals surface area contributed by atoms with Crippen molar-refractivity contribution in [2.45, 2.75) is 84.8 Å². The third-order valence-corrected chi connectivity index (χ3v) is 11.9. The molecule has 5 rings (SSSR count). The van der Waals surface area contributed by atoms with Crippen LogP contribution in [0.15, 0.2) is 58.6 Å². The molecule has 1 aliphatic heterocycles. The predicted molar refractivity (Wildman–Crippen MR) is 182 cm³/mol. The van der Waals surface area contributed by atoms with Crippen molar-refractivity contribution in [3.8, 4) is 0 Å². The zero-order valence-corrected chi connectivity index (χ0v) is 27.9. The summed E-state index contributed by atoms with van der Waals surface area (Å²) in [5.74, 6) is 4.40. The first kappa shape index (κ1) is 33.0. The Bertz CT molecular complexity index is 1520. The summed E-state index contributed by atoms with van der Waals surface area (Å²) in [6.45, 7) is 14.2. The van der Waals surface area contributed by atoms with Crippen LogP contribution < -0.4 is 5.32 Å².